The fourth-order valence-electron chi connectivity index (χ4n) is 0.331. The van der Waals surface area contributed by atoms with Gasteiger partial charge in [-0.15, -0.1) is 0 Å². The molecule has 0 saturated heterocycles. The quantitative estimate of drug-likeness (QED) is 0.672. The molecule has 0 fully saturated rings. The monoisotopic (exact) mass is 194 g/mol. The molecule has 0 rings (SSSR count). The van der Waals surface area contributed by atoms with Crippen molar-refractivity contribution in [1.82, 2.24) is 9.62 Å². The van der Waals surface area contributed by atoms with Crippen molar-refractivity contribution in [2.75, 3.05) is 14.1 Å². The summed E-state index contributed by atoms with van der Waals surface area (Å²) in [4.78, 5) is 12.1. The molecule has 0 atom stereocenters. The molecule has 6 heteroatoms. The van der Waals surface area contributed by atoms with Gasteiger partial charge in [0.15, 0.2) is 0 Å². The summed E-state index contributed by atoms with van der Waals surface area (Å²) in [7, 11) is -0.529. The first-order valence-corrected chi connectivity index (χ1v) is 5.05. The lowest BCUT2D eigenvalue weighted by Gasteiger charge is -2.13. The van der Waals surface area contributed by atoms with Gasteiger partial charge in [-0.05, 0) is 13.8 Å². The Hall–Kier alpha value is -0.780. The average Bonchev–Trinajstić information content (AvgIpc) is 1.85. The number of rotatable bonds is 2. The molecule has 0 radical (unpaired) electrons. The maximum absolute atomic E-state index is 11.1. The van der Waals surface area contributed by atoms with Crippen LogP contribution in [0.3, 0.4) is 0 Å². The van der Waals surface area contributed by atoms with Gasteiger partial charge in [0.25, 0.3) is 0 Å². The van der Waals surface area contributed by atoms with E-state index in [0.717, 1.165) is 0 Å². The summed E-state index contributed by atoms with van der Waals surface area (Å²) in [5, 5.41) is -0.596. The molecule has 0 saturated carbocycles. The van der Waals surface area contributed by atoms with E-state index >= 15 is 0 Å². The topological polar surface area (TPSA) is 66.5 Å². The van der Waals surface area contributed by atoms with Gasteiger partial charge in [0.05, 0.1) is 5.25 Å². The Morgan fingerprint density at radius 2 is 1.75 bits per heavy atom. The molecule has 0 aliphatic rings. The van der Waals surface area contributed by atoms with Crippen LogP contribution >= 0.6 is 0 Å². The molecule has 2 amide bonds. The molecule has 0 bridgehead atoms. The Morgan fingerprint density at radius 3 is 2.00 bits per heavy atom. The van der Waals surface area contributed by atoms with E-state index in [-0.39, 0.29) is 0 Å². The van der Waals surface area contributed by atoms with Crippen molar-refractivity contribution >= 4 is 16.1 Å². The third-order valence-corrected chi connectivity index (χ3v) is 2.96. The van der Waals surface area contributed by atoms with Gasteiger partial charge in [0.1, 0.15) is 0 Å². The van der Waals surface area contributed by atoms with E-state index in [1.165, 1.54) is 32.8 Å². The van der Waals surface area contributed by atoms with Gasteiger partial charge in [-0.25, -0.2) is 17.9 Å². The summed E-state index contributed by atoms with van der Waals surface area (Å²) in [6.45, 7) is 3.01. The van der Waals surface area contributed by atoms with Crippen LogP contribution in [-0.2, 0) is 10.0 Å². The van der Waals surface area contributed by atoms with Gasteiger partial charge in [0.2, 0.25) is 10.0 Å². The second-order valence-corrected chi connectivity index (χ2v) is 5.13. The molecule has 0 unspecified atom stereocenters. The smallest absolute Gasteiger partial charge is 0.330 e. The largest absolute Gasteiger partial charge is 0.330 e. The lowest BCUT2D eigenvalue weighted by molar-refractivity contribution is 0.223. The van der Waals surface area contributed by atoms with Crippen LogP contribution in [-0.4, -0.2) is 38.7 Å². The molecule has 0 heterocycles. The predicted molar refractivity (Wildman–Crippen MR) is 46.3 cm³/mol. The van der Waals surface area contributed by atoms with E-state index in [1.54, 1.807) is 0 Å². The summed E-state index contributed by atoms with van der Waals surface area (Å²) in [6.07, 6.45) is 0. The summed E-state index contributed by atoms with van der Waals surface area (Å²) >= 11 is 0. The van der Waals surface area contributed by atoms with Crippen molar-refractivity contribution < 1.29 is 13.2 Å². The SMILES string of the molecule is CC(C)S(=O)(=O)NC(=O)N(C)C. The number of urea groups is 1. The zero-order valence-corrected chi connectivity index (χ0v) is 8.47. The molecule has 0 aromatic heterocycles. The molecule has 0 aliphatic heterocycles. The molecule has 1 N–H and O–H groups in total. The van der Waals surface area contributed by atoms with E-state index in [9.17, 15) is 13.2 Å². The third kappa shape index (κ3) is 3.08. The number of carbonyl (C=O) groups excluding carboxylic acids is 1. The highest BCUT2D eigenvalue weighted by atomic mass is 32.2. The number of sulfonamides is 1. The Labute approximate surface area is 72.8 Å². The Balaban J connectivity index is 4.38. The number of carbonyl (C=O) groups is 1. The van der Waals surface area contributed by atoms with Crippen LogP contribution in [0.1, 0.15) is 13.8 Å². The van der Waals surface area contributed by atoms with E-state index in [0.29, 0.717) is 0 Å². The first-order chi connectivity index (χ1) is 5.27. The Kier molecular flexibility index (Phi) is 3.51. The van der Waals surface area contributed by atoms with Gasteiger partial charge in [-0.2, -0.15) is 0 Å². The number of hydrogen-bond donors (Lipinski definition) is 1. The third-order valence-electron chi connectivity index (χ3n) is 1.26. The lowest BCUT2D eigenvalue weighted by Crippen LogP contribution is -2.41. The Morgan fingerprint density at radius 1 is 1.33 bits per heavy atom. The molecule has 5 nitrogen and oxygen atoms in total. The van der Waals surface area contributed by atoms with Crippen molar-refractivity contribution in [3.05, 3.63) is 0 Å². The maximum atomic E-state index is 11.1. The molecular formula is C6H14N2O3S. The second-order valence-electron chi connectivity index (χ2n) is 2.90. The van der Waals surface area contributed by atoms with E-state index in [1.807, 2.05) is 4.72 Å². The molecule has 12 heavy (non-hydrogen) atoms. The summed E-state index contributed by atoms with van der Waals surface area (Å²) in [6, 6.07) is -0.622. The van der Waals surface area contributed by atoms with Gasteiger partial charge >= 0.3 is 6.03 Å². The highest BCUT2D eigenvalue weighted by molar-refractivity contribution is 7.90. The van der Waals surface area contributed by atoms with Crippen LogP contribution in [0.2, 0.25) is 0 Å². The van der Waals surface area contributed by atoms with Crippen molar-refractivity contribution in [2.45, 2.75) is 19.1 Å². The fraction of sp³-hybridized carbons (Fsp3) is 0.833. The highest BCUT2D eigenvalue weighted by Crippen LogP contribution is 1.96. The maximum Gasteiger partial charge on any atom is 0.330 e. The molecule has 0 aliphatic carbocycles. The predicted octanol–water partition coefficient (Wildman–Crippen LogP) is -0.00420. The van der Waals surface area contributed by atoms with Crippen LogP contribution in [0.5, 0.6) is 0 Å². The standard InChI is InChI=1S/C6H14N2O3S/c1-5(2)12(10,11)7-6(9)8(3)4/h5H,1-4H3,(H,7,9). The zero-order valence-electron chi connectivity index (χ0n) is 7.66. The summed E-state index contributed by atoms with van der Waals surface area (Å²) < 4.78 is 24.1. The van der Waals surface area contributed by atoms with Crippen LogP contribution in [0, 0.1) is 0 Å². The van der Waals surface area contributed by atoms with Gasteiger partial charge in [-0.1, -0.05) is 0 Å². The highest BCUT2D eigenvalue weighted by Gasteiger charge is 2.19. The lowest BCUT2D eigenvalue weighted by atomic mass is 10.6. The molecule has 0 aromatic rings. The van der Waals surface area contributed by atoms with Crippen LogP contribution in [0.15, 0.2) is 0 Å². The molecule has 72 valence electrons. The number of amides is 2. The van der Waals surface area contributed by atoms with E-state index in [4.69, 9.17) is 0 Å². The number of nitrogens with zero attached hydrogens (tertiary/aromatic N) is 1. The normalized spacial score (nSPS) is 11.4. The van der Waals surface area contributed by atoms with Crippen LogP contribution < -0.4 is 4.72 Å². The van der Waals surface area contributed by atoms with E-state index < -0.39 is 21.3 Å². The summed E-state index contributed by atoms with van der Waals surface area (Å²) in [5.41, 5.74) is 0. The van der Waals surface area contributed by atoms with Gasteiger partial charge in [0, 0.05) is 14.1 Å². The number of nitrogens with one attached hydrogen (secondary N) is 1. The van der Waals surface area contributed by atoms with Gasteiger partial charge < -0.3 is 4.90 Å². The average molecular weight is 194 g/mol. The van der Waals surface area contributed by atoms with Crippen molar-refractivity contribution in [3.63, 3.8) is 0 Å². The molecular weight excluding hydrogens is 180 g/mol. The second kappa shape index (κ2) is 3.75. The minimum absolute atomic E-state index is 0.596. The summed E-state index contributed by atoms with van der Waals surface area (Å²) in [5.74, 6) is 0. The van der Waals surface area contributed by atoms with Crippen LogP contribution in [0.4, 0.5) is 4.79 Å². The minimum atomic E-state index is -3.48. The fourth-order valence-corrected chi connectivity index (χ4v) is 0.993. The first-order valence-electron chi connectivity index (χ1n) is 3.50. The first kappa shape index (κ1) is 11.2. The molecule has 0 aromatic carbocycles. The molecule has 0 spiro atoms. The van der Waals surface area contributed by atoms with Crippen molar-refractivity contribution in [1.29, 1.82) is 0 Å². The van der Waals surface area contributed by atoms with Crippen molar-refractivity contribution in [3.8, 4) is 0 Å². The number of hydrogen-bond acceptors (Lipinski definition) is 3. The van der Waals surface area contributed by atoms with Crippen LogP contribution in [0.25, 0.3) is 0 Å². The Bertz CT molecular complexity index is 256. The van der Waals surface area contributed by atoms with Gasteiger partial charge in [-0.3, -0.25) is 0 Å². The van der Waals surface area contributed by atoms with Crippen molar-refractivity contribution in [2.24, 2.45) is 0 Å². The minimum Gasteiger partial charge on any atom is -0.330 e. The van der Waals surface area contributed by atoms with E-state index in [2.05, 4.69) is 0 Å². The zero-order chi connectivity index (χ0) is 9.94.